The van der Waals surface area contributed by atoms with Crippen molar-refractivity contribution in [3.05, 3.63) is 66.0 Å². The second-order valence-electron chi connectivity index (χ2n) is 7.39. The molecular weight excluding hydrogens is 369 g/mol. The van der Waals surface area contributed by atoms with E-state index in [-0.39, 0.29) is 6.61 Å². The molecule has 0 spiro atoms. The molecule has 1 aromatic carbocycles. The number of para-hydroxylation sites is 1. The molecule has 29 heavy (non-hydrogen) atoms. The minimum absolute atomic E-state index is 0.237. The summed E-state index contributed by atoms with van der Waals surface area (Å²) in [5.74, 6) is 1.61. The smallest absolute Gasteiger partial charge is 0.212 e. The van der Waals surface area contributed by atoms with Crippen LogP contribution in [0.25, 0.3) is 11.4 Å². The van der Waals surface area contributed by atoms with Gasteiger partial charge in [-0.3, -0.25) is 0 Å². The van der Waals surface area contributed by atoms with Crippen LogP contribution < -0.4 is 4.74 Å². The molecule has 0 aliphatic rings. The summed E-state index contributed by atoms with van der Waals surface area (Å²) in [7, 11) is 0. The second kappa shape index (κ2) is 10.2. The highest BCUT2D eigenvalue weighted by Crippen LogP contribution is 2.25. The third-order valence-corrected chi connectivity index (χ3v) is 5.06. The number of benzene rings is 1. The van der Waals surface area contributed by atoms with E-state index in [0.717, 1.165) is 47.7 Å². The fourth-order valence-electron chi connectivity index (χ4n) is 3.32. The van der Waals surface area contributed by atoms with Crippen LogP contribution in [0.2, 0.25) is 0 Å². The molecule has 2 heterocycles. The van der Waals surface area contributed by atoms with E-state index in [1.807, 2.05) is 31.3 Å². The number of imidazole rings is 1. The minimum atomic E-state index is -0.504. The lowest BCUT2D eigenvalue weighted by molar-refractivity contribution is 0.245. The summed E-state index contributed by atoms with van der Waals surface area (Å²) in [5.41, 5.74) is 2.85. The van der Waals surface area contributed by atoms with Crippen molar-refractivity contribution in [3.8, 4) is 17.1 Å². The van der Waals surface area contributed by atoms with Gasteiger partial charge < -0.3 is 14.4 Å². The van der Waals surface area contributed by atoms with Crippen LogP contribution in [0.5, 0.6) is 5.75 Å². The molecule has 154 valence electrons. The van der Waals surface area contributed by atoms with Crippen molar-refractivity contribution in [2.24, 2.45) is 5.92 Å². The van der Waals surface area contributed by atoms with Gasteiger partial charge in [0.2, 0.25) is 5.95 Å². The molecule has 0 bridgehead atoms. The van der Waals surface area contributed by atoms with Gasteiger partial charge in [-0.15, -0.1) is 0 Å². The van der Waals surface area contributed by atoms with E-state index in [0.29, 0.717) is 19.1 Å². The normalized spacial score (nSPS) is 12.1. The van der Waals surface area contributed by atoms with Crippen LogP contribution in [0.4, 0.5) is 4.39 Å². The summed E-state index contributed by atoms with van der Waals surface area (Å²) in [5, 5.41) is 9.01. The number of rotatable bonds is 10. The average molecular weight is 397 g/mol. The Morgan fingerprint density at radius 2 is 1.93 bits per heavy atom. The molecule has 1 N–H and O–H groups in total. The lowest BCUT2D eigenvalue weighted by atomic mass is 10.0. The Hall–Kier alpha value is -2.73. The highest BCUT2D eigenvalue weighted by atomic mass is 19.1. The van der Waals surface area contributed by atoms with E-state index in [2.05, 4.69) is 27.5 Å². The van der Waals surface area contributed by atoms with Crippen LogP contribution in [0.15, 0.2) is 48.8 Å². The predicted octanol–water partition coefficient (Wildman–Crippen LogP) is 4.62. The molecule has 5 nitrogen and oxygen atoms in total. The number of nitrogens with zero attached hydrogens (tertiary/aromatic N) is 3. The predicted molar refractivity (Wildman–Crippen MR) is 111 cm³/mol. The topological polar surface area (TPSA) is 60.2 Å². The number of aliphatic hydroxyl groups excluding tert-OH is 1. The number of halogens is 1. The first-order chi connectivity index (χ1) is 14.1. The molecule has 0 saturated carbocycles. The molecule has 0 saturated heterocycles. The molecular formula is C23H28FN3O2. The largest absolute Gasteiger partial charge is 0.493 e. The average Bonchev–Trinajstić information content (AvgIpc) is 3.07. The third kappa shape index (κ3) is 5.64. The number of hydrogen-bond donors (Lipinski definition) is 1. The van der Waals surface area contributed by atoms with Crippen molar-refractivity contribution in [2.75, 3.05) is 13.2 Å². The first kappa shape index (κ1) is 21.0. The van der Waals surface area contributed by atoms with Crippen LogP contribution in [0, 0.1) is 18.8 Å². The zero-order valence-electron chi connectivity index (χ0n) is 17.0. The van der Waals surface area contributed by atoms with Gasteiger partial charge in [0.25, 0.3) is 0 Å². The van der Waals surface area contributed by atoms with Gasteiger partial charge in [0.15, 0.2) is 0 Å². The van der Waals surface area contributed by atoms with Gasteiger partial charge in [0.05, 0.1) is 13.2 Å². The zero-order valence-corrected chi connectivity index (χ0v) is 17.0. The number of ether oxygens (including phenoxy) is 1. The lowest BCUT2D eigenvalue weighted by Gasteiger charge is -2.15. The maximum atomic E-state index is 13.2. The van der Waals surface area contributed by atoms with Crippen LogP contribution in [0.1, 0.15) is 37.4 Å². The Kier molecular flexibility index (Phi) is 7.36. The quantitative estimate of drug-likeness (QED) is 0.401. The molecule has 0 radical (unpaired) electrons. The number of aromatic nitrogens is 3. The molecule has 0 amide bonds. The third-order valence-electron chi connectivity index (χ3n) is 5.06. The lowest BCUT2D eigenvalue weighted by Crippen LogP contribution is -2.08. The first-order valence-electron chi connectivity index (χ1n) is 10.0. The zero-order chi connectivity index (χ0) is 20.6. The van der Waals surface area contributed by atoms with Crippen LogP contribution in [-0.2, 0) is 6.54 Å². The summed E-state index contributed by atoms with van der Waals surface area (Å²) in [6.45, 7) is 5.64. The molecule has 1 atom stereocenters. The fraction of sp³-hybridized carbons (Fsp3) is 0.391. The molecule has 6 heteroatoms. The van der Waals surface area contributed by atoms with E-state index in [1.165, 1.54) is 12.3 Å². The molecule has 3 rings (SSSR count). The van der Waals surface area contributed by atoms with Crippen molar-refractivity contribution in [2.45, 2.75) is 39.7 Å². The standard InChI is InChI=1S/C23H28FN3O2/c1-17(11-12-28)6-5-13-29-21-8-4-3-7-20(21)16-27-18(2)14-26-23(27)19-9-10-22(24)25-15-19/h3-4,7-10,14-15,17,28H,5-6,11-13,16H2,1-2H3/t17-/m1/s1. The molecule has 0 aliphatic carbocycles. The summed E-state index contributed by atoms with van der Waals surface area (Å²) in [4.78, 5) is 8.24. The van der Waals surface area contributed by atoms with Gasteiger partial charge in [-0.05, 0) is 50.3 Å². The Labute approximate surface area is 171 Å². The Bertz CT molecular complexity index is 909. The second-order valence-corrected chi connectivity index (χ2v) is 7.39. The minimum Gasteiger partial charge on any atom is -0.493 e. The Balaban J connectivity index is 1.71. The van der Waals surface area contributed by atoms with Gasteiger partial charge >= 0.3 is 0 Å². The molecule has 0 fully saturated rings. The van der Waals surface area contributed by atoms with Crippen molar-refractivity contribution in [1.82, 2.24) is 14.5 Å². The van der Waals surface area contributed by atoms with E-state index < -0.39 is 5.95 Å². The van der Waals surface area contributed by atoms with Crippen LogP contribution >= 0.6 is 0 Å². The fourth-order valence-corrected chi connectivity index (χ4v) is 3.32. The van der Waals surface area contributed by atoms with Gasteiger partial charge in [0.1, 0.15) is 11.6 Å². The van der Waals surface area contributed by atoms with E-state index in [9.17, 15) is 4.39 Å². The van der Waals surface area contributed by atoms with Crippen LogP contribution in [0.3, 0.4) is 0 Å². The van der Waals surface area contributed by atoms with Gasteiger partial charge in [0, 0.05) is 35.8 Å². The highest BCUT2D eigenvalue weighted by molar-refractivity contribution is 5.55. The molecule has 0 aliphatic heterocycles. The Morgan fingerprint density at radius 1 is 1.10 bits per heavy atom. The van der Waals surface area contributed by atoms with Crippen LogP contribution in [-0.4, -0.2) is 32.9 Å². The monoisotopic (exact) mass is 397 g/mol. The van der Waals surface area contributed by atoms with Gasteiger partial charge in [-0.25, -0.2) is 9.97 Å². The number of aryl methyl sites for hydroxylation is 1. The molecule has 2 aromatic heterocycles. The number of aliphatic hydroxyl groups is 1. The van der Waals surface area contributed by atoms with Crippen molar-refractivity contribution < 1.29 is 14.2 Å². The summed E-state index contributed by atoms with van der Waals surface area (Å²) < 4.78 is 21.3. The maximum absolute atomic E-state index is 13.2. The SMILES string of the molecule is Cc1cnc(-c2ccc(F)nc2)n1Cc1ccccc1OCCC[C@@H](C)CCO. The maximum Gasteiger partial charge on any atom is 0.212 e. The summed E-state index contributed by atoms with van der Waals surface area (Å²) in [6, 6.07) is 11.0. The Morgan fingerprint density at radius 3 is 2.69 bits per heavy atom. The van der Waals surface area contributed by atoms with E-state index in [1.54, 1.807) is 6.07 Å². The van der Waals surface area contributed by atoms with Crippen molar-refractivity contribution >= 4 is 0 Å². The highest BCUT2D eigenvalue weighted by Gasteiger charge is 2.13. The van der Waals surface area contributed by atoms with E-state index in [4.69, 9.17) is 9.84 Å². The molecule has 0 unspecified atom stereocenters. The van der Waals surface area contributed by atoms with E-state index >= 15 is 0 Å². The number of pyridine rings is 1. The first-order valence-corrected chi connectivity index (χ1v) is 10.0. The summed E-state index contributed by atoms with van der Waals surface area (Å²) >= 11 is 0. The van der Waals surface area contributed by atoms with Crippen molar-refractivity contribution in [1.29, 1.82) is 0 Å². The number of hydrogen-bond acceptors (Lipinski definition) is 4. The summed E-state index contributed by atoms with van der Waals surface area (Å²) in [6.07, 6.45) is 6.13. The van der Waals surface area contributed by atoms with Crippen molar-refractivity contribution in [3.63, 3.8) is 0 Å². The molecule has 3 aromatic rings. The van der Waals surface area contributed by atoms with Gasteiger partial charge in [-0.2, -0.15) is 4.39 Å². The van der Waals surface area contributed by atoms with Gasteiger partial charge in [-0.1, -0.05) is 25.1 Å².